The molecule has 0 atom stereocenters. The van der Waals surface area contributed by atoms with Crippen LogP contribution in [0.3, 0.4) is 0 Å². The van der Waals surface area contributed by atoms with Gasteiger partial charge in [0, 0.05) is 30.9 Å². The number of benzene rings is 2. The van der Waals surface area contributed by atoms with E-state index in [-0.39, 0.29) is 18.5 Å². The van der Waals surface area contributed by atoms with Crippen molar-refractivity contribution >= 4 is 29.2 Å². The molecule has 0 heterocycles. The molecule has 132 valence electrons. The number of hydrogen-bond acceptors (Lipinski definition) is 3. The average Bonchev–Trinajstić information content (AvgIpc) is 2.60. The Hall–Kier alpha value is -2.57. The van der Waals surface area contributed by atoms with Crippen LogP contribution in [0.2, 0.25) is 5.02 Å². The standard InChI is InChI=1S/C18H20ClN3O3/c1-25-12-17(23)22-16-4-2-3-14(9-16)11-21-18(24)20-10-13-5-7-15(19)8-6-13/h2-9H,10-12H2,1H3,(H,22,23)(H2,20,21,24). The van der Waals surface area contributed by atoms with Gasteiger partial charge in [0.2, 0.25) is 5.91 Å². The van der Waals surface area contributed by atoms with E-state index in [4.69, 9.17) is 16.3 Å². The van der Waals surface area contributed by atoms with Gasteiger partial charge in [-0.1, -0.05) is 35.9 Å². The van der Waals surface area contributed by atoms with Gasteiger partial charge < -0.3 is 20.7 Å². The smallest absolute Gasteiger partial charge is 0.315 e. The van der Waals surface area contributed by atoms with Crippen LogP contribution in [0, 0.1) is 0 Å². The maximum Gasteiger partial charge on any atom is 0.315 e. The first-order valence-electron chi connectivity index (χ1n) is 7.70. The van der Waals surface area contributed by atoms with Gasteiger partial charge in [-0.2, -0.15) is 0 Å². The van der Waals surface area contributed by atoms with Crippen molar-refractivity contribution in [1.29, 1.82) is 0 Å². The Labute approximate surface area is 151 Å². The Morgan fingerprint density at radius 2 is 1.68 bits per heavy atom. The molecular formula is C18H20ClN3O3. The monoisotopic (exact) mass is 361 g/mol. The topological polar surface area (TPSA) is 79.5 Å². The molecule has 7 heteroatoms. The predicted octanol–water partition coefficient (Wildman–Crippen LogP) is 2.92. The Bertz CT molecular complexity index is 720. The number of urea groups is 1. The van der Waals surface area contributed by atoms with E-state index < -0.39 is 0 Å². The third-order valence-electron chi connectivity index (χ3n) is 3.31. The highest BCUT2D eigenvalue weighted by atomic mass is 35.5. The summed E-state index contributed by atoms with van der Waals surface area (Å²) in [5.41, 5.74) is 2.49. The zero-order valence-electron chi connectivity index (χ0n) is 13.8. The number of amides is 3. The maximum absolute atomic E-state index is 11.9. The van der Waals surface area contributed by atoms with Gasteiger partial charge in [-0.25, -0.2) is 4.79 Å². The maximum atomic E-state index is 11.9. The molecule has 0 bridgehead atoms. The number of halogens is 1. The van der Waals surface area contributed by atoms with Gasteiger partial charge in [-0.3, -0.25) is 4.79 Å². The molecule has 0 radical (unpaired) electrons. The van der Waals surface area contributed by atoms with Crippen molar-refractivity contribution in [3.8, 4) is 0 Å². The molecule has 0 aromatic heterocycles. The van der Waals surface area contributed by atoms with Crippen LogP contribution in [-0.2, 0) is 22.6 Å². The summed E-state index contributed by atoms with van der Waals surface area (Å²) in [5, 5.41) is 8.92. The Morgan fingerprint density at radius 1 is 1.00 bits per heavy atom. The van der Waals surface area contributed by atoms with Crippen LogP contribution < -0.4 is 16.0 Å². The van der Waals surface area contributed by atoms with Gasteiger partial charge in [0.25, 0.3) is 0 Å². The minimum atomic E-state index is -0.274. The van der Waals surface area contributed by atoms with E-state index >= 15 is 0 Å². The van der Waals surface area contributed by atoms with E-state index in [1.54, 1.807) is 24.3 Å². The molecule has 25 heavy (non-hydrogen) atoms. The van der Waals surface area contributed by atoms with Gasteiger partial charge in [-0.05, 0) is 35.4 Å². The molecule has 6 nitrogen and oxygen atoms in total. The molecule has 0 saturated carbocycles. The zero-order chi connectivity index (χ0) is 18.1. The highest BCUT2D eigenvalue weighted by molar-refractivity contribution is 6.30. The molecule has 3 amide bonds. The molecule has 2 rings (SSSR count). The average molecular weight is 362 g/mol. The van der Waals surface area contributed by atoms with Crippen molar-refractivity contribution in [3.63, 3.8) is 0 Å². The number of carbonyl (C=O) groups excluding carboxylic acids is 2. The minimum Gasteiger partial charge on any atom is -0.375 e. The van der Waals surface area contributed by atoms with Gasteiger partial charge in [0.15, 0.2) is 0 Å². The second-order valence-electron chi connectivity index (χ2n) is 5.34. The van der Waals surface area contributed by atoms with Crippen molar-refractivity contribution < 1.29 is 14.3 Å². The summed E-state index contributed by atoms with van der Waals surface area (Å²) < 4.78 is 4.77. The van der Waals surface area contributed by atoms with Crippen LogP contribution >= 0.6 is 11.6 Å². The van der Waals surface area contributed by atoms with Crippen LogP contribution in [0.25, 0.3) is 0 Å². The fourth-order valence-electron chi connectivity index (χ4n) is 2.12. The van der Waals surface area contributed by atoms with Crippen molar-refractivity contribution in [2.24, 2.45) is 0 Å². The molecule has 2 aromatic carbocycles. The van der Waals surface area contributed by atoms with E-state index in [0.717, 1.165) is 11.1 Å². The summed E-state index contributed by atoms with van der Waals surface area (Å²) in [4.78, 5) is 23.4. The first-order valence-corrected chi connectivity index (χ1v) is 8.08. The summed E-state index contributed by atoms with van der Waals surface area (Å²) in [6, 6.07) is 14.2. The lowest BCUT2D eigenvalue weighted by molar-refractivity contribution is -0.119. The number of anilines is 1. The Morgan fingerprint density at radius 3 is 2.36 bits per heavy atom. The fourth-order valence-corrected chi connectivity index (χ4v) is 2.24. The first-order chi connectivity index (χ1) is 12.1. The molecule has 0 aliphatic rings. The van der Waals surface area contributed by atoms with Crippen molar-refractivity contribution in [2.75, 3.05) is 19.0 Å². The predicted molar refractivity (Wildman–Crippen MR) is 97.5 cm³/mol. The third-order valence-corrected chi connectivity index (χ3v) is 3.56. The summed E-state index contributed by atoms with van der Waals surface area (Å²) in [5.74, 6) is -0.228. The van der Waals surface area contributed by atoms with E-state index in [0.29, 0.717) is 23.8 Å². The number of ether oxygens (including phenoxy) is 1. The number of methoxy groups -OCH3 is 1. The third kappa shape index (κ3) is 6.82. The minimum absolute atomic E-state index is 0.00438. The lowest BCUT2D eigenvalue weighted by Gasteiger charge is -2.10. The molecule has 2 aromatic rings. The normalized spacial score (nSPS) is 10.2. The fraction of sp³-hybridized carbons (Fsp3) is 0.222. The van der Waals surface area contributed by atoms with Crippen LogP contribution in [0.1, 0.15) is 11.1 Å². The van der Waals surface area contributed by atoms with E-state index in [1.165, 1.54) is 7.11 Å². The molecule has 0 fully saturated rings. The summed E-state index contributed by atoms with van der Waals surface area (Å²) in [6.07, 6.45) is 0. The second kappa shape index (κ2) is 9.66. The summed E-state index contributed by atoms with van der Waals surface area (Å²) in [7, 11) is 1.46. The highest BCUT2D eigenvalue weighted by Gasteiger charge is 2.04. The number of rotatable bonds is 7. The quantitative estimate of drug-likeness (QED) is 0.709. The SMILES string of the molecule is COCC(=O)Nc1cccc(CNC(=O)NCc2ccc(Cl)cc2)c1. The summed E-state index contributed by atoms with van der Waals surface area (Å²) >= 11 is 5.82. The van der Waals surface area contributed by atoms with Gasteiger partial charge in [0.1, 0.15) is 6.61 Å². The van der Waals surface area contributed by atoms with Gasteiger partial charge >= 0.3 is 6.03 Å². The van der Waals surface area contributed by atoms with E-state index in [9.17, 15) is 9.59 Å². The van der Waals surface area contributed by atoms with Crippen LogP contribution in [-0.4, -0.2) is 25.7 Å². The molecular weight excluding hydrogens is 342 g/mol. The molecule has 0 saturated heterocycles. The Kier molecular flexibility index (Phi) is 7.25. The molecule has 0 aliphatic heterocycles. The van der Waals surface area contributed by atoms with Gasteiger partial charge in [0.05, 0.1) is 0 Å². The summed E-state index contributed by atoms with van der Waals surface area (Å²) in [6.45, 7) is 0.756. The van der Waals surface area contributed by atoms with Crippen molar-refractivity contribution in [1.82, 2.24) is 10.6 Å². The molecule has 0 aliphatic carbocycles. The Balaban J connectivity index is 1.79. The highest BCUT2D eigenvalue weighted by Crippen LogP contribution is 2.11. The number of carbonyl (C=O) groups is 2. The second-order valence-corrected chi connectivity index (χ2v) is 5.78. The van der Waals surface area contributed by atoms with Crippen LogP contribution in [0.5, 0.6) is 0 Å². The lowest BCUT2D eigenvalue weighted by atomic mass is 10.2. The molecule has 0 spiro atoms. The van der Waals surface area contributed by atoms with E-state index in [1.807, 2.05) is 24.3 Å². The number of nitrogens with one attached hydrogen (secondary N) is 3. The zero-order valence-corrected chi connectivity index (χ0v) is 14.6. The first kappa shape index (κ1) is 18.8. The lowest BCUT2D eigenvalue weighted by Crippen LogP contribution is -2.34. The molecule has 0 unspecified atom stereocenters. The number of hydrogen-bond donors (Lipinski definition) is 3. The van der Waals surface area contributed by atoms with Crippen LogP contribution in [0.4, 0.5) is 10.5 Å². The van der Waals surface area contributed by atoms with Crippen molar-refractivity contribution in [3.05, 3.63) is 64.7 Å². The van der Waals surface area contributed by atoms with Crippen molar-refractivity contribution in [2.45, 2.75) is 13.1 Å². The van der Waals surface area contributed by atoms with Gasteiger partial charge in [-0.15, -0.1) is 0 Å². The van der Waals surface area contributed by atoms with E-state index in [2.05, 4.69) is 16.0 Å². The molecule has 3 N–H and O–H groups in total. The largest absolute Gasteiger partial charge is 0.375 e. The van der Waals surface area contributed by atoms with Crippen LogP contribution in [0.15, 0.2) is 48.5 Å².